The van der Waals surface area contributed by atoms with Crippen LogP contribution in [0.4, 0.5) is 0 Å². The van der Waals surface area contributed by atoms with Crippen molar-refractivity contribution in [1.82, 2.24) is 4.90 Å². The van der Waals surface area contributed by atoms with Gasteiger partial charge in [0.15, 0.2) is 5.78 Å². The Morgan fingerprint density at radius 3 is 2.78 bits per heavy atom. The lowest BCUT2D eigenvalue weighted by atomic mass is 9.82. The van der Waals surface area contributed by atoms with Crippen molar-refractivity contribution in [2.45, 2.75) is 31.8 Å². The summed E-state index contributed by atoms with van der Waals surface area (Å²) >= 11 is 6.08. The van der Waals surface area contributed by atoms with E-state index in [1.54, 1.807) is 35.4 Å². The van der Waals surface area contributed by atoms with Gasteiger partial charge in [0.2, 0.25) is 5.91 Å². The molecule has 0 radical (unpaired) electrons. The zero-order chi connectivity index (χ0) is 19.0. The Hall–Kier alpha value is -2.53. The van der Waals surface area contributed by atoms with Gasteiger partial charge in [0.05, 0.1) is 18.2 Å². The fourth-order valence-corrected chi connectivity index (χ4v) is 4.04. The molecule has 1 spiro atoms. The van der Waals surface area contributed by atoms with Crippen LogP contribution in [-0.2, 0) is 4.79 Å². The first-order valence-electron chi connectivity index (χ1n) is 8.99. The van der Waals surface area contributed by atoms with Gasteiger partial charge >= 0.3 is 0 Å². The average Bonchev–Trinajstić information content (AvgIpc) is 3.15. The SMILES string of the molecule is Cc1cc(Cl)cc2c1OC1(CCN(C(=O)/C=C/c3ccco3)CC1)CC2=O. The van der Waals surface area contributed by atoms with Crippen LogP contribution in [0.15, 0.2) is 41.0 Å². The van der Waals surface area contributed by atoms with E-state index in [2.05, 4.69) is 0 Å². The highest BCUT2D eigenvalue weighted by molar-refractivity contribution is 6.31. The molecule has 6 heteroatoms. The normalized spacial score (nSPS) is 18.6. The minimum atomic E-state index is -0.538. The summed E-state index contributed by atoms with van der Waals surface area (Å²) in [6.07, 6.45) is 6.33. The Morgan fingerprint density at radius 2 is 2.07 bits per heavy atom. The number of carbonyl (C=O) groups excluding carboxylic acids is 2. The molecular weight excluding hydrogens is 366 g/mol. The van der Waals surface area contributed by atoms with E-state index in [1.807, 2.05) is 13.0 Å². The van der Waals surface area contributed by atoms with Crippen LogP contribution >= 0.6 is 11.6 Å². The number of likely N-dealkylation sites (tertiary alicyclic amines) is 1. The first kappa shape index (κ1) is 17.9. The summed E-state index contributed by atoms with van der Waals surface area (Å²) in [5.74, 6) is 1.27. The number of hydrogen-bond donors (Lipinski definition) is 0. The molecule has 5 nitrogen and oxygen atoms in total. The van der Waals surface area contributed by atoms with Crippen LogP contribution in [0.5, 0.6) is 5.75 Å². The van der Waals surface area contributed by atoms with E-state index in [0.717, 1.165) is 5.56 Å². The number of carbonyl (C=O) groups is 2. The van der Waals surface area contributed by atoms with Crippen LogP contribution in [0.3, 0.4) is 0 Å². The molecule has 2 aliphatic heterocycles. The molecule has 1 aromatic heterocycles. The second-order valence-electron chi connectivity index (χ2n) is 7.16. The van der Waals surface area contributed by atoms with Gasteiger partial charge in [-0.2, -0.15) is 0 Å². The highest BCUT2D eigenvalue weighted by Crippen LogP contribution is 2.42. The van der Waals surface area contributed by atoms with E-state index in [4.69, 9.17) is 20.8 Å². The standard InChI is InChI=1S/C21H20ClNO4/c1-14-11-15(22)12-17-18(24)13-21(27-20(14)17)6-8-23(9-7-21)19(25)5-4-16-3-2-10-26-16/h2-5,10-12H,6-9,13H2,1H3/b5-4+. The molecule has 1 aromatic carbocycles. The van der Waals surface area contributed by atoms with E-state index < -0.39 is 5.60 Å². The van der Waals surface area contributed by atoms with Crippen LogP contribution < -0.4 is 4.74 Å². The number of Topliss-reactive ketones (excluding diaryl/α,β-unsaturated/α-hetero) is 1. The predicted octanol–water partition coefficient (Wildman–Crippen LogP) is 4.28. The number of fused-ring (bicyclic) bond motifs is 1. The summed E-state index contributed by atoms with van der Waals surface area (Å²) in [6.45, 7) is 3.00. The number of aryl methyl sites for hydroxylation is 1. The Labute approximate surface area is 162 Å². The number of rotatable bonds is 2. The first-order valence-corrected chi connectivity index (χ1v) is 9.36. The molecule has 3 heterocycles. The van der Waals surface area contributed by atoms with E-state index in [-0.39, 0.29) is 11.7 Å². The van der Waals surface area contributed by atoms with E-state index in [9.17, 15) is 9.59 Å². The van der Waals surface area contributed by atoms with Gasteiger partial charge in [-0.05, 0) is 42.8 Å². The number of furan rings is 1. The van der Waals surface area contributed by atoms with Gasteiger partial charge in [0.1, 0.15) is 17.1 Å². The summed E-state index contributed by atoms with van der Waals surface area (Å²) in [4.78, 5) is 26.8. The number of halogens is 1. The van der Waals surface area contributed by atoms with Gasteiger partial charge in [0, 0.05) is 37.0 Å². The third-order valence-corrected chi connectivity index (χ3v) is 5.48. The molecule has 0 atom stereocenters. The van der Waals surface area contributed by atoms with Gasteiger partial charge in [-0.15, -0.1) is 0 Å². The Morgan fingerprint density at radius 1 is 1.30 bits per heavy atom. The molecule has 1 fully saturated rings. The summed E-state index contributed by atoms with van der Waals surface area (Å²) in [5, 5.41) is 0.544. The third-order valence-electron chi connectivity index (χ3n) is 5.26. The lowest BCUT2D eigenvalue weighted by Gasteiger charge is -2.44. The predicted molar refractivity (Wildman–Crippen MR) is 102 cm³/mol. The maximum Gasteiger partial charge on any atom is 0.246 e. The van der Waals surface area contributed by atoms with Gasteiger partial charge < -0.3 is 14.1 Å². The molecule has 4 rings (SSSR count). The zero-order valence-corrected chi connectivity index (χ0v) is 15.8. The minimum Gasteiger partial charge on any atom is -0.486 e. The van der Waals surface area contributed by atoms with Crippen molar-refractivity contribution in [2.75, 3.05) is 13.1 Å². The van der Waals surface area contributed by atoms with Crippen molar-refractivity contribution < 1.29 is 18.7 Å². The molecule has 27 heavy (non-hydrogen) atoms. The van der Waals surface area contributed by atoms with Crippen molar-refractivity contribution in [3.63, 3.8) is 0 Å². The summed E-state index contributed by atoms with van der Waals surface area (Å²) in [5.41, 5.74) is 0.889. The van der Waals surface area contributed by atoms with Gasteiger partial charge in [-0.1, -0.05) is 11.6 Å². The number of benzene rings is 1. The number of hydrogen-bond acceptors (Lipinski definition) is 4. The number of piperidine rings is 1. The number of nitrogens with zero attached hydrogens (tertiary/aromatic N) is 1. The highest BCUT2D eigenvalue weighted by atomic mass is 35.5. The largest absolute Gasteiger partial charge is 0.486 e. The van der Waals surface area contributed by atoms with Crippen LogP contribution in [-0.4, -0.2) is 35.3 Å². The van der Waals surface area contributed by atoms with Gasteiger partial charge in [-0.25, -0.2) is 0 Å². The van der Waals surface area contributed by atoms with Crippen LogP contribution in [0.2, 0.25) is 5.02 Å². The maximum atomic E-state index is 12.7. The molecule has 2 aliphatic rings. The zero-order valence-electron chi connectivity index (χ0n) is 15.0. The van der Waals surface area contributed by atoms with Crippen molar-refractivity contribution in [3.05, 3.63) is 58.5 Å². The molecule has 0 saturated carbocycles. The summed E-state index contributed by atoms with van der Waals surface area (Å²) < 4.78 is 11.5. The van der Waals surface area contributed by atoms with E-state index in [0.29, 0.717) is 54.4 Å². The Bertz CT molecular complexity index is 909. The molecule has 0 aliphatic carbocycles. The fraction of sp³-hybridized carbons (Fsp3) is 0.333. The minimum absolute atomic E-state index is 0.0549. The van der Waals surface area contributed by atoms with Crippen molar-refractivity contribution in [1.29, 1.82) is 0 Å². The number of ketones is 1. The molecular formula is C21H20ClNO4. The fourth-order valence-electron chi connectivity index (χ4n) is 3.77. The lowest BCUT2D eigenvalue weighted by molar-refractivity contribution is -0.129. The molecule has 0 unspecified atom stereocenters. The second-order valence-corrected chi connectivity index (χ2v) is 7.59. The number of ether oxygens (including phenoxy) is 1. The Kier molecular flexibility index (Phi) is 4.56. The van der Waals surface area contributed by atoms with Gasteiger partial charge in [-0.3, -0.25) is 9.59 Å². The smallest absolute Gasteiger partial charge is 0.246 e. The molecule has 1 saturated heterocycles. The first-order chi connectivity index (χ1) is 13.0. The van der Waals surface area contributed by atoms with E-state index >= 15 is 0 Å². The third kappa shape index (κ3) is 3.52. The molecule has 1 amide bonds. The van der Waals surface area contributed by atoms with Crippen LogP contribution in [0.25, 0.3) is 6.08 Å². The van der Waals surface area contributed by atoms with E-state index in [1.165, 1.54) is 6.08 Å². The molecule has 2 aromatic rings. The Balaban J connectivity index is 1.45. The monoisotopic (exact) mass is 385 g/mol. The van der Waals surface area contributed by atoms with Crippen molar-refractivity contribution >= 4 is 29.4 Å². The topological polar surface area (TPSA) is 59.8 Å². The molecule has 0 N–H and O–H groups in total. The second kappa shape index (κ2) is 6.89. The lowest BCUT2D eigenvalue weighted by Crippen LogP contribution is -2.52. The van der Waals surface area contributed by atoms with Crippen molar-refractivity contribution in [3.8, 4) is 5.75 Å². The molecule has 140 valence electrons. The number of amides is 1. The quantitative estimate of drug-likeness (QED) is 0.724. The summed E-state index contributed by atoms with van der Waals surface area (Å²) in [6, 6.07) is 7.06. The highest BCUT2D eigenvalue weighted by Gasteiger charge is 2.44. The van der Waals surface area contributed by atoms with Crippen LogP contribution in [0, 0.1) is 6.92 Å². The summed E-state index contributed by atoms with van der Waals surface area (Å²) in [7, 11) is 0. The average molecular weight is 386 g/mol. The van der Waals surface area contributed by atoms with Crippen LogP contribution in [0.1, 0.15) is 40.9 Å². The van der Waals surface area contributed by atoms with Gasteiger partial charge in [0.25, 0.3) is 0 Å². The maximum absolute atomic E-state index is 12.7. The van der Waals surface area contributed by atoms with Crippen molar-refractivity contribution in [2.24, 2.45) is 0 Å². The molecule has 0 bridgehead atoms.